The lowest BCUT2D eigenvalue weighted by atomic mass is 10.1. The predicted octanol–water partition coefficient (Wildman–Crippen LogP) is 2.25. The molecule has 3 heterocycles. The van der Waals surface area contributed by atoms with Crippen molar-refractivity contribution in [1.82, 2.24) is 9.80 Å². The van der Waals surface area contributed by atoms with Gasteiger partial charge in [0, 0.05) is 18.3 Å². The molecule has 0 unspecified atom stereocenters. The summed E-state index contributed by atoms with van der Waals surface area (Å²) in [4.78, 5) is 39.1. The van der Waals surface area contributed by atoms with Gasteiger partial charge in [0.25, 0.3) is 11.8 Å². The highest BCUT2D eigenvalue weighted by Crippen LogP contribution is 2.32. The molecule has 0 spiro atoms. The van der Waals surface area contributed by atoms with Crippen LogP contribution in [0.2, 0.25) is 0 Å². The van der Waals surface area contributed by atoms with Gasteiger partial charge in [-0.2, -0.15) is 0 Å². The maximum Gasteiger partial charge on any atom is 0.352 e. The number of rotatable bonds is 2. The normalized spacial score (nSPS) is 18.8. The minimum absolute atomic E-state index is 0.110. The fraction of sp³-hybridized carbons (Fsp3) is 0.0556. The molecule has 6 heteroatoms. The first-order valence-corrected chi connectivity index (χ1v) is 7.37. The van der Waals surface area contributed by atoms with Gasteiger partial charge < -0.3 is 10.0 Å². The van der Waals surface area contributed by atoms with Crippen LogP contribution < -0.4 is 0 Å². The number of carboxylic acid groups (broad SMARTS) is 1. The van der Waals surface area contributed by atoms with Crippen molar-refractivity contribution >= 4 is 17.8 Å². The molecule has 118 valence electrons. The van der Waals surface area contributed by atoms with Gasteiger partial charge in [-0.25, -0.2) is 9.69 Å². The van der Waals surface area contributed by atoms with Crippen LogP contribution >= 0.6 is 0 Å². The maximum atomic E-state index is 12.6. The van der Waals surface area contributed by atoms with Gasteiger partial charge in [-0.15, -0.1) is 0 Å². The summed E-state index contributed by atoms with van der Waals surface area (Å²) in [5, 5.41) is 9.31. The largest absolute Gasteiger partial charge is 0.477 e. The molecule has 1 N–H and O–H groups in total. The van der Waals surface area contributed by atoms with Crippen molar-refractivity contribution in [3.63, 3.8) is 0 Å². The highest BCUT2D eigenvalue weighted by molar-refractivity contribution is 6.22. The number of allylic oxidation sites excluding steroid dienone is 4. The molecule has 0 aromatic heterocycles. The summed E-state index contributed by atoms with van der Waals surface area (Å²) in [6, 6.07) is 6.63. The molecule has 1 aromatic carbocycles. The van der Waals surface area contributed by atoms with Crippen LogP contribution in [0, 0.1) is 0 Å². The monoisotopic (exact) mass is 320 g/mol. The van der Waals surface area contributed by atoms with Gasteiger partial charge in [-0.1, -0.05) is 18.2 Å². The van der Waals surface area contributed by atoms with Crippen molar-refractivity contribution in [2.24, 2.45) is 0 Å². The molecule has 0 fully saturated rings. The Morgan fingerprint density at radius 1 is 1.08 bits per heavy atom. The number of benzene rings is 1. The van der Waals surface area contributed by atoms with E-state index in [9.17, 15) is 19.5 Å². The third-order valence-corrected chi connectivity index (χ3v) is 4.16. The second kappa shape index (κ2) is 5.06. The van der Waals surface area contributed by atoms with Crippen molar-refractivity contribution in [1.29, 1.82) is 0 Å². The average Bonchev–Trinajstić information content (AvgIpc) is 3.00. The molecule has 3 aliphatic heterocycles. The van der Waals surface area contributed by atoms with Crippen LogP contribution in [0.15, 0.2) is 71.9 Å². The van der Waals surface area contributed by atoms with E-state index in [1.165, 1.54) is 11.1 Å². The molecular formula is C18H12N2O4. The minimum Gasteiger partial charge on any atom is -0.477 e. The lowest BCUT2D eigenvalue weighted by Gasteiger charge is -2.20. The topological polar surface area (TPSA) is 77.9 Å². The fourth-order valence-electron chi connectivity index (χ4n) is 3.03. The average molecular weight is 320 g/mol. The number of hydrogen-bond acceptors (Lipinski definition) is 4. The second-order valence-electron chi connectivity index (χ2n) is 5.53. The molecule has 24 heavy (non-hydrogen) atoms. The van der Waals surface area contributed by atoms with Crippen molar-refractivity contribution < 1.29 is 19.5 Å². The molecule has 0 radical (unpaired) electrons. The number of fused-ring (bicyclic) bond motifs is 2. The van der Waals surface area contributed by atoms with Crippen LogP contribution in [0.25, 0.3) is 0 Å². The number of hydrogen-bond donors (Lipinski definition) is 1. The number of carbonyl (C=O) groups is 3. The lowest BCUT2D eigenvalue weighted by molar-refractivity contribution is -0.133. The molecule has 0 bridgehead atoms. The van der Waals surface area contributed by atoms with E-state index in [0.29, 0.717) is 23.2 Å². The SMILES string of the molecule is O=C(O)C1=CCC2=CC=CC(N3C(=O)c4ccccc4C3=O)=CN21. The zero-order valence-electron chi connectivity index (χ0n) is 12.5. The summed E-state index contributed by atoms with van der Waals surface area (Å²) in [5.41, 5.74) is 1.92. The summed E-state index contributed by atoms with van der Waals surface area (Å²) in [5.74, 6) is -1.87. The minimum atomic E-state index is -1.06. The molecule has 0 saturated heterocycles. The van der Waals surface area contributed by atoms with Gasteiger partial charge in [0.15, 0.2) is 0 Å². The van der Waals surface area contributed by atoms with E-state index in [4.69, 9.17) is 0 Å². The third kappa shape index (κ3) is 1.93. The van der Waals surface area contributed by atoms with Crippen LogP contribution in [0.1, 0.15) is 27.1 Å². The zero-order valence-corrected chi connectivity index (χ0v) is 12.5. The summed E-state index contributed by atoms with van der Waals surface area (Å²) in [7, 11) is 0. The quantitative estimate of drug-likeness (QED) is 0.846. The van der Waals surface area contributed by atoms with Crippen molar-refractivity contribution in [3.8, 4) is 0 Å². The number of nitrogens with zero attached hydrogens (tertiary/aromatic N) is 2. The van der Waals surface area contributed by atoms with Gasteiger partial charge >= 0.3 is 5.97 Å². The molecule has 6 nitrogen and oxygen atoms in total. The van der Waals surface area contributed by atoms with Crippen LogP contribution in [-0.4, -0.2) is 32.7 Å². The number of amides is 2. The highest BCUT2D eigenvalue weighted by atomic mass is 16.4. The number of imide groups is 1. The van der Waals surface area contributed by atoms with E-state index in [2.05, 4.69) is 0 Å². The van der Waals surface area contributed by atoms with Gasteiger partial charge in [0.2, 0.25) is 0 Å². The van der Waals surface area contributed by atoms with E-state index in [-0.39, 0.29) is 5.70 Å². The molecule has 4 rings (SSSR count). The third-order valence-electron chi connectivity index (χ3n) is 4.16. The molecule has 0 saturated carbocycles. The Balaban J connectivity index is 1.77. The molecular weight excluding hydrogens is 308 g/mol. The molecule has 1 aromatic rings. The highest BCUT2D eigenvalue weighted by Gasteiger charge is 2.38. The number of carbonyl (C=O) groups excluding carboxylic acids is 2. The Hall–Kier alpha value is -3.41. The standard InChI is InChI=1S/C18H12N2O4/c21-16-13-6-1-2-7-14(13)17(22)20(16)12-5-3-4-11-8-9-15(18(23)24)19(11)10-12/h1-7,9-10H,8H2,(H,23,24). The van der Waals surface area contributed by atoms with Crippen molar-refractivity contribution in [2.75, 3.05) is 0 Å². The molecule has 0 atom stereocenters. The summed E-state index contributed by atoms with van der Waals surface area (Å²) >= 11 is 0. The maximum absolute atomic E-state index is 12.6. The van der Waals surface area contributed by atoms with Crippen molar-refractivity contribution in [2.45, 2.75) is 6.42 Å². The van der Waals surface area contributed by atoms with Gasteiger partial charge in [0.1, 0.15) is 5.70 Å². The van der Waals surface area contributed by atoms with Crippen LogP contribution in [0.5, 0.6) is 0 Å². The van der Waals surface area contributed by atoms with Crippen molar-refractivity contribution in [3.05, 3.63) is 83.0 Å². The summed E-state index contributed by atoms with van der Waals surface area (Å²) in [6.07, 6.45) is 8.72. The van der Waals surface area contributed by atoms with Gasteiger partial charge in [-0.3, -0.25) is 9.59 Å². The van der Waals surface area contributed by atoms with Gasteiger partial charge in [0.05, 0.1) is 16.8 Å². The van der Waals surface area contributed by atoms with E-state index in [1.54, 1.807) is 48.6 Å². The van der Waals surface area contributed by atoms with E-state index < -0.39 is 17.8 Å². The zero-order chi connectivity index (χ0) is 16.8. The second-order valence-corrected chi connectivity index (χ2v) is 5.53. The predicted molar refractivity (Wildman–Crippen MR) is 84.4 cm³/mol. The Bertz CT molecular complexity index is 886. The number of carboxylic acids is 1. The van der Waals surface area contributed by atoms with Gasteiger partial charge in [-0.05, 0) is 30.4 Å². The van der Waals surface area contributed by atoms with E-state index in [0.717, 1.165) is 10.6 Å². The molecule has 3 aliphatic rings. The Morgan fingerprint density at radius 2 is 1.75 bits per heavy atom. The van der Waals surface area contributed by atoms with Crippen LogP contribution in [-0.2, 0) is 4.79 Å². The molecule has 2 amide bonds. The van der Waals surface area contributed by atoms with Crippen LogP contribution in [0.4, 0.5) is 0 Å². The van der Waals surface area contributed by atoms with E-state index >= 15 is 0 Å². The first-order valence-electron chi connectivity index (χ1n) is 7.37. The first-order chi connectivity index (χ1) is 11.6. The number of aliphatic carboxylic acids is 1. The Kier molecular flexibility index (Phi) is 2.99. The van der Waals surface area contributed by atoms with E-state index in [1.807, 2.05) is 0 Å². The summed E-state index contributed by atoms with van der Waals surface area (Å²) < 4.78 is 0. The lowest BCUT2D eigenvalue weighted by Crippen LogP contribution is -2.30. The Labute approximate surface area is 137 Å². The fourth-order valence-corrected chi connectivity index (χ4v) is 3.03. The smallest absolute Gasteiger partial charge is 0.352 e. The summed E-state index contributed by atoms with van der Waals surface area (Å²) in [6.45, 7) is 0. The first kappa shape index (κ1) is 14.2. The Morgan fingerprint density at radius 3 is 2.38 bits per heavy atom. The molecule has 0 aliphatic carbocycles. The van der Waals surface area contributed by atoms with Crippen LogP contribution in [0.3, 0.4) is 0 Å².